The van der Waals surface area contributed by atoms with Crippen LogP contribution in [0.3, 0.4) is 0 Å². The fourth-order valence-electron chi connectivity index (χ4n) is 2.23. The lowest BCUT2D eigenvalue weighted by molar-refractivity contribution is -0.109. The van der Waals surface area contributed by atoms with Crippen LogP contribution in [-0.2, 0) is 14.3 Å². The average molecular weight is 271 g/mol. The largest absolute Gasteiger partial charge is 0.444 e. The second-order valence-electron chi connectivity index (χ2n) is 6.56. The molecule has 1 heterocycles. The Balaban J connectivity index is 2.89. The minimum absolute atomic E-state index is 0.0480. The molecule has 0 N–H and O–H groups in total. The zero-order valence-corrected chi connectivity index (χ0v) is 12.7. The summed E-state index contributed by atoms with van der Waals surface area (Å²) in [6.07, 6.45) is 0.893. The molecule has 1 rings (SSSR count). The van der Waals surface area contributed by atoms with Crippen molar-refractivity contribution in [1.82, 2.24) is 4.90 Å². The van der Waals surface area contributed by atoms with Crippen molar-refractivity contribution in [3.8, 4) is 0 Å². The van der Waals surface area contributed by atoms with E-state index in [1.807, 2.05) is 41.5 Å². The number of hydrogen-bond donors (Lipinski definition) is 0. The van der Waals surface area contributed by atoms with Gasteiger partial charge in [-0.2, -0.15) is 0 Å². The zero-order chi connectivity index (χ0) is 14.8. The Hall–Kier alpha value is -1.10. The first kappa shape index (κ1) is 16.0. The minimum Gasteiger partial charge on any atom is -0.444 e. The van der Waals surface area contributed by atoms with Gasteiger partial charge in [-0.25, -0.2) is 4.79 Å². The quantitative estimate of drug-likeness (QED) is 0.740. The Morgan fingerprint density at radius 2 is 2.11 bits per heavy atom. The van der Waals surface area contributed by atoms with Gasteiger partial charge in [-0.3, -0.25) is 4.90 Å². The second kappa shape index (κ2) is 5.49. The summed E-state index contributed by atoms with van der Waals surface area (Å²) in [5.41, 5.74) is -1.25. The molecule has 1 aliphatic heterocycles. The molecule has 5 nitrogen and oxygen atoms in total. The van der Waals surface area contributed by atoms with Gasteiger partial charge in [0.1, 0.15) is 17.6 Å². The molecule has 1 fully saturated rings. The summed E-state index contributed by atoms with van der Waals surface area (Å²) < 4.78 is 11.1. The van der Waals surface area contributed by atoms with Gasteiger partial charge in [0.15, 0.2) is 0 Å². The number of carbonyl (C=O) groups is 2. The molecular weight excluding hydrogens is 246 g/mol. The van der Waals surface area contributed by atoms with Crippen molar-refractivity contribution in [2.75, 3.05) is 6.61 Å². The van der Waals surface area contributed by atoms with E-state index in [2.05, 4.69) is 0 Å². The van der Waals surface area contributed by atoms with Crippen LogP contribution in [-0.4, -0.2) is 41.3 Å². The van der Waals surface area contributed by atoms with Gasteiger partial charge in [0.05, 0.1) is 12.6 Å². The summed E-state index contributed by atoms with van der Waals surface area (Å²) in [5.74, 6) is 0.0480. The monoisotopic (exact) mass is 271 g/mol. The molecule has 0 radical (unpaired) electrons. The molecule has 0 aromatic rings. The third kappa shape index (κ3) is 3.93. The number of ether oxygens (including phenoxy) is 2. The van der Waals surface area contributed by atoms with Gasteiger partial charge in [0, 0.05) is 6.42 Å². The van der Waals surface area contributed by atoms with E-state index in [0.29, 0.717) is 13.0 Å². The predicted octanol–water partition coefficient (Wildman–Crippen LogP) is 2.58. The summed E-state index contributed by atoms with van der Waals surface area (Å²) >= 11 is 0. The highest BCUT2D eigenvalue weighted by atomic mass is 16.6. The first-order valence-electron chi connectivity index (χ1n) is 6.68. The molecule has 0 bridgehead atoms. The van der Waals surface area contributed by atoms with Crippen LogP contribution in [0, 0.1) is 5.92 Å². The topological polar surface area (TPSA) is 55.8 Å². The standard InChI is InChI=1S/C14H25NO4/c1-10(7-8-16)11-9-18-14(5,6)15(11)12(17)19-13(2,3)4/h8,10-11H,7,9H2,1-6H3/t10?,11-/m0/s1. The lowest BCUT2D eigenvalue weighted by Gasteiger charge is -2.36. The van der Waals surface area contributed by atoms with Crippen LogP contribution in [0.5, 0.6) is 0 Å². The Morgan fingerprint density at radius 1 is 1.53 bits per heavy atom. The lowest BCUT2D eigenvalue weighted by atomic mass is 9.98. The van der Waals surface area contributed by atoms with Gasteiger partial charge >= 0.3 is 6.09 Å². The maximum absolute atomic E-state index is 12.3. The van der Waals surface area contributed by atoms with Gasteiger partial charge in [0.25, 0.3) is 0 Å². The van der Waals surface area contributed by atoms with E-state index in [9.17, 15) is 9.59 Å². The molecule has 0 aliphatic carbocycles. The van der Waals surface area contributed by atoms with Crippen LogP contribution in [0.15, 0.2) is 0 Å². The van der Waals surface area contributed by atoms with Crippen molar-refractivity contribution in [3.05, 3.63) is 0 Å². The molecule has 2 atom stereocenters. The van der Waals surface area contributed by atoms with Crippen LogP contribution in [0.2, 0.25) is 0 Å². The van der Waals surface area contributed by atoms with Crippen LogP contribution < -0.4 is 0 Å². The van der Waals surface area contributed by atoms with Gasteiger partial charge in [0.2, 0.25) is 0 Å². The van der Waals surface area contributed by atoms with E-state index in [-0.39, 0.29) is 12.0 Å². The minimum atomic E-state index is -0.704. The molecule has 0 saturated carbocycles. The van der Waals surface area contributed by atoms with E-state index in [0.717, 1.165) is 6.29 Å². The number of amides is 1. The van der Waals surface area contributed by atoms with E-state index < -0.39 is 17.4 Å². The van der Waals surface area contributed by atoms with E-state index in [4.69, 9.17) is 9.47 Å². The SMILES string of the molecule is CC(CC=O)[C@@H]1COC(C)(C)N1C(=O)OC(C)(C)C. The zero-order valence-electron chi connectivity index (χ0n) is 12.7. The first-order valence-corrected chi connectivity index (χ1v) is 6.68. The fraction of sp³-hybridized carbons (Fsp3) is 0.857. The molecule has 1 saturated heterocycles. The molecule has 1 aliphatic rings. The summed E-state index contributed by atoms with van der Waals surface area (Å²) in [6.45, 7) is 11.5. The maximum Gasteiger partial charge on any atom is 0.412 e. The van der Waals surface area contributed by atoms with Crippen LogP contribution in [0.4, 0.5) is 4.79 Å². The molecule has 5 heteroatoms. The van der Waals surface area contributed by atoms with E-state index >= 15 is 0 Å². The Kier molecular flexibility index (Phi) is 4.61. The molecule has 1 unspecified atom stereocenters. The Labute approximate surface area is 115 Å². The highest BCUT2D eigenvalue weighted by molar-refractivity contribution is 5.70. The van der Waals surface area contributed by atoms with Gasteiger partial charge < -0.3 is 14.3 Å². The van der Waals surface area contributed by atoms with Crippen LogP contribution >= 0.6 is 0 Å². The van der Waals surface area contributed by atoms with Crippen LogP contribution in [0.1, 0.15) is 48.0 Å². The van der Waals surface area contributed by atoms with Crippen LogP contribution in [0.25, 0.3) is 0 Å². The molecule has 1 amide bonds. The highest BCUT2D eigenvalue weighted by Crippen LogP contribution is 2.33. The van der Waals surface area contributed by atoms with Gasteiger partial charge in [-0.15, -0.1) is 0 Å². The van der Waals surface area contributed by atoms with Gasteiger partial charge in [-0.1, -0.05) is 6.92 Å². The lowest BCUT2D eigenvalue weighted by Crippen LogP contribution is -2.51. The van der Waals surface area contributed by atoms with E-state index in [1.165, 1.54) is 0 Å². The molecular formula is C14H25NO4. The summed E-state index contributed by atoms with van der Waals surface area (Å²) in [7, 11) is 0. The molecule has 0 spiro atoms. The molecule has 110 valence electrons. The molecule has 0 aromatic heterocycles. The van der Waals surface area contributed by atoms with Gasteiger partial charge in [-0.05, 0) is 40.5 Å². The summed E-state index contributed by atoms with van der Waals surface area (Å²) in [6, 6.07) is -0.130. The Morgan fingerprint density at radius 3 is 2.58 bits per heavy atom. The van der Waals surface area contributed by atoms with Crippen molar-refractivity contribution in [1.29, 1.82) is 0 Å². The van der Waals surface area contributed by atoms with Crippen molar-refractivity contribution < 1.29 is 19.1 Å². The number of carbonyl (C=O) groups excluding carboxylic acids is 2. The summed E-state index contributed by atoms with van der Waals surface area (Å²) in [5, 5.41) is 0. The second-order valence-corrected chi connectivity index (χ2v) is 6.56. The summed E-state index contributed by atoms with van der Waals surface area (Å²) in [4.78, 5) is 24.6. The third-order valence-corrected chi connectivity index (χ3v) is 3.23. The normalized spacial score (nSPS) is 24.1. The number of hydrogen-bond acceptors (Lipinski definition) is 4. The first-order chi connectivity index (χ1) is 8.58. The van der Waals surface area contributed by atoms with Crippen molar-refractivity contribution >= 4 is 12.4 Å². The number of aldehydes is 1. The third-order valence-electron chi connectivity index (χ3n) is 3.23. The highest BCUT2D eigenvalue weighted by Gasteiger charge is 2.47. The fourth-order valence-corrected chi connectivity index (χ4v) is 2.23. The van der Waals surface area contributed by atoms with E-state index in [1.54, 1.807) is 4.90 Å². The Bertz CT molecular complexity index is 346. The van der Waals surface area contributed by atoms with Crippen molar-refractivity contribution in [3.63, 3.8) is 0 Å². The van der Waals surface area contributed by atoms with Crippen molar-refractivity contribution in [2.24, 2.45) is 5.92 Å². The molecule has 19 heavy (non-hydrogen) atoms. The number of rotatable bonds is 3. The maximum atomic E-state index is 12.3. The molecule has 0 aromatic carbocycles. The van der Waals surface area contributed by atoms with Crippen molar-refractivity contribution in [2.45, 2.75) is 65.3 Å². The predicted molar refractivity (Wildman–Crippen MR) is 71.7 cm³/mol. The smallest absolute Gasteiger partial charge is 0.412 e. The average Bonchev–Trinajstić information content (AvgIpc) is 2.51. The number of nitrogens with zero attached hydrogens (tertiary/aromatic N) is 1.